The Labute approximate surface area is 497 Å². The zero-order chi connectivity index (χ0) is 57.1. The van der Waals surface area contributed by atoms with E-state index >= 15 is 0 Å². The topological polar surface area (TPSA) is 8.17 Å². The molecule has 1 unspecified atom stereocenters. The smallest absolute Gasteiger partial charge is 0.0538 e. The summed E-state index contributed by atoms with van der Waals surface area (Å²) in [5.41, 5.74) is 27.3. The van der Waals surface area contributed by atoms with Gasteiger partial charge < -0.3 is 9.47 Å². The van der Waals surface area contributed by atoms with Gasteiger partial charge in [0.05, 0.1) is 5.52 Å². The second-order valence-corrected chi connectivity index (χ2v) is 23.7. The molecule has 0 saturated carbocycles. The molecule has 0 aliphatic heterocycles. The Morgan fingerprint density at radius 1 is 0.434 bits per heavy atom. The first kappa shape index (κ1) is 56.9. The predicted octanol–water partition coefficient (Wildman–Crippen LogP) is 23.7. The van der Waals surface area contributed by atoms with Crippen LogP contribution in [0.3, 0.4) is 0 Å². The lowest BCUT2D eigenvalue weighted by molar-refractivity contribution is 0.642. The third kappa shape index (κ3) is 12.8. The molecule has 11 rings (SSSR count). The summed E-state index contributed by atoms with van der Waals surface area (Å²) in [4.78, 5) is 2.42. The lowest BCUT2D eigenvalue weighted by Crippen LogP contribution is -2.10. The first-order chi connectivity index (χ1) is 40.8. The quantitative estimate of drug-likeness (QED) is 0.0548. The Hall–Kier alpha value is -7.94. The van der Waals surface area contributed by atoms with Crippen molar-refractivity contribution in [2.75, 3.05) is 4.90 Å². The van der Waals surface area contributed by atoms with Gasteiger partial charge in [-0.25, -0.2) is 0 Å². The molecule has 2 heteroatoms. The molecule has 0 saturated heterocycles. The SMILES string of the molecule is CCCCCCc1cc(-c2ccc3c(c2)c2c(n3-c3ccc(-c4ccc(C(CC)CC)cc4)cc3)C=CC(C)C2)c(CCCCCC)cc1-c1ccc(N(c2ccc(-c3ccccc3)cc2)c2ccc(-c3ccc(CCC)cc3)cc2)cc1. The van der Waals surface area contributed by atoms with E-state index < -0.39 is 0 Å². The van der Waals surface area contributed by atoms with E-state index in [1.165, 1.54) is 170 Å². The maximum atomic E-state index is 2.62. The summed E-state index contributed by atoms with van der Waals surface area (Å²) >= 11 is 0. The van der Waals surface area contributed by atoms with Crippen LogP contribution >= 0.6 is 0 Å². The summed E-state index contributed by atoms with van der Waals surface area (Å²) in [7, 11) is 0. The van der Waals surface area contributed by atoms with Gasteiger partial charge in [0.15, 0.2) is 0 Å². The van der Waals surface area contributed by atoms with Gasteiger partial charge >= 0.3 is 0 Å². The average molecular weight is 1090 g/mol. The van der Waals surface area contributed by atoms with Crippen molar-refractivity contribution in [2.45, 2.75) is 144 Å². The number of aromatic nitrogens is 1. The van der Waals surface area contributed by atoms with Gasteiger partial charge in [-0.1, -0.05) is 238 Å². The number of rotatable bonds is 24. The lowest BCUT2D eigenvalue weighted by atomic mass is 9.86. The van der Waals surface area contributed by atoms with Crippen LogP contribution in [0.2, 0.25) is 0 Å². The van der Waals surface area contributed by atoms with E-state index in [0.29, 0.717) is 11.8 Å². The first-order valence-electron chi connectivity index (χ1n) is 31.8. The third-order valence-electron chi connectivity index (χ3n) is 17.9. The molecule has 420 valence electrons. The van der Waals surface area contributed by atoms with Crippen LogP contribution in [0, 0.1) is 5.92 Å². The first-order valence-corrected chi connectivity index (χ1v) is 31.8. The summed E-state index contributed by atoms with van der Waals surface area (Å²) in [5, 5.41) is 1.38. The standard InChI is InChI=1S/C81H86N2/c1-7-12-14-17-24-69-56-77(71-43-53-81-79(57-71)78-54-58(6)26-52-80(78)83(81)75-48-39-67(40-49-75)64-33-31-62(32-34-64)60(10-4)11-5)70(25-18-15-13-8-2)55-76(69)68-41-50-74(51-42-68)82(72-44-35-65(36-45-72)61-22-19-16-20-23-61)73-46-37-66(38-47-73)63-29-27-59(21-9-3)28-30-63/h16,19-20,22-23,26-53,55-58,60H,7-15,17-18,21,24-25,54H2,1-6H3. The van der Waals surface area contributed by atoms with Crippen LogP contribution in [0.15, 0.2) is 212 Å². The number of hydrogen-bond acceptors (Lipinski definition) is 1. The zero-order valence-corrected chi connectivity index (χ0v) is 50.4. The van der Waals surface area contributed by atoms with Crippen molar-refractivity contribution in [3.63, 3.8) is 0 Å². The normalized spacial score (nSPS) is 13.0. The van der Waals surface area contributed by atoms with Gasteiger partial charge in [-0.3, -0.25) is 0 Å². The molecule has 0 bridgehead atoms. The van der Waals surface area contributed by atoms with Gasteiger partial charge in [0.25, 0.3) is 0 Å². The largest absolute Gasteiger partial charge is 0.311 e. The van der Waals surface area contributed by atoms with E-state index in [1.54, 1.807) is 0 Å². The highest BCUT2D eigenvalue weighted by Crippen LogP contribution is 2.43. The average Bonchev–Trinajstić information content (AvgIpc) is 2.93. The Balaban J connectivity index is 0.966. The Morgan fingerprint density at radius 2 is 0.904 bits per heavy atom. The molecule has 0 spiro atoms. The van der Waals surface area contributed by atoms with Crippen molar-refractivity contribution in [1.29, 1.82) is 0 Å². The summed E-state index contributed by atoms with van der Waals surface area (Å²) in [6.45, 7) is 13.9. The monoisotopic (exact) mass is 1090 g/mol. The maximum absolute atomic E-state index is 2.62. The molecule has 1 aromatic heterocycles. The summed E-state index contributed by atoms with van der Waals surface area (Å²) in [5.74, 6) is 1.11. The molecule has 1 aliphatic rings. The van der Waals surface area contributed by atoms with Gasteiger partial charge in [0.1, 0.15) is 0 Å². The van der Waals surface area contributed by atoms with Crippen LogP contribution in [0.1, 0.15) is 152 Å². The van der Waals surface area contributed by atoms with Gasteiger partial charge in [-0.2, -0.15) is 0 Å². The molecule has 0 N–H and O–H groups in total. The fourth-order valence-corrected chi connectivity index (χ4v) is 13.1. The molecular formula is C81H86N2. The van der Waals surface area contributed by atoms with Crippen molar-refractivity contribution >= 4 is 34.0 Å². The molecule has 9 aromatic carbocycles. The van der Waals surface area contributed by atoms with Crippen LogP contribution in [0.5, 0.6) is 0 Å². The Morgan fingerprint density at radius 3 is 1.42 bits per heavy atom. The molecule has 0 fully saturated rings. The number of anilines is 3. The van der Waals surface area contributed by atoms with Crippen molar-refractivity contribution in [3.05, 3.63) is 246 Å². The number of fused-ring (bicyclic) bond motifs is 3. The minimum Gasteiger partial charge on any atom is -0.311 e. The molecule has 0 radical (unpaired) electrons. The number of nitrogens with zero attached hydrogens (tertiary/aromatic N) is 2. The van der Waals surface area contributed by atoms with E-state index in [1.807, 2.05) is 0 Å². The number of aryl methyl sites for hydroxylation is 3. The van der Waals surface area contributed by atoms with Crippen molar-refractivity contribution in [1.82, 2.24) is 4.57 Å². The Bertz CT molecular complexity index is 3720. The van der Waals surface area contributed by atoms with E-state index in [4.69, 9.17) is 0 Å². The molecule has 10 aromatic rings. The highest BCUT2D eigenvalue weighted by molar-refractivity contribution is 5.95. The van der Waals surface area contributed by atoms with Crippen molar-refractivity contribution in [2.24, 2.45) is 5.92 Å². The summed E-state index contributed by atoms with van der Waals surface area (Å²) < 4.78 is 2.53. The molecule has 1 atom stereocenters. The van der Waals surface area contributed by atoms with Gasteiger partial charge in [0.2, 0.25) is 0 Å². The zero-order valence-electron chi connectivity index (χ0n) is 50.4. The number of allylic oxidation sites excluding steroid dienone is 1. The molecule has 0 amide bonds. The summed E-state index contributed by atoms with van der Waals surface area (Å²) in [6, 6.07) is 78.8. The van der Waals surface area contributed by atoms with E-state index in [2.05, 4.69) is 269 Å². The van der Waals surface area contributed by atoms with Gasteiger partial charge in [0, 0.05) is 33.8 Å². The second kappa shape index (κ2) is 27.0. The van der Waals surface area contributed by atoms with E-state index in [-0.39, 0.29) is 0 Å². The van der Waals surface area contributed by atoms with Gasteiger partial charge in [-0.15, -0.1) is 0 Å². The van der Waals surface area contributed by atoms with Crippen LogP contribution in [0.4, 0.5) is 17.1 Å². The predicted molar refractivity (Wildman–Crippen MR) is 360 cm³/mol. The summed E-state index contributed by atoms with van der Waals surface area (Å²) in [6.07, 6.45) is 22.4. The van der Waals surface area contributed by atoms with Crippen LogP contribution in [-0.4, -0.2) is 4.57 Å². The van der Waals surface area contributed by atoms with Crippen LogP contribution in [0.25, 0.3) is 78.3 Å². The number of hydrogen-bond donors (Lipinski definition) is 0. The van der Waals surface area contributed by atoms with Crippen molar-refractivity contribution < 1.29 is 0 Å². The minimum atomic E-state index is 0.483. The highest BCUT2D eigenvalue weighted by atomic mass is 15.1. The molecular weight excluding hydrogens is 1000 g/mol. The highest BCUT2D eigenvalue weighted by Gasteiger charge is 2.24. The second-order valence-electron chi connectivity index (χ2n) is 23.7. The molecule has 83 heavy (non-hydrogen) atoms. The number of unbranched alkanes of at least 4 members (excludes halogenated alkanes) is 6. The van der Waals surface area contributed by atoms with Crippen molar-refractivity contribution in [3.8, 4) is 61.3 Å². The van der Waals surface area contributed by atoms with Gasteiger partial charge in [-0.05, 0) is 213 Å². The van der Waals surface area contributed by atoms with Crippen LogP contribution in [-0.2, 0) is 25.7 Å². The fraction of sp³-hybridized carbons (Fsp3) is 0.284. The molecule has 2 nitrogen and oxygen atoms in total. The lowest BCUT2D eigenvalue weighted by Gasteiger charge is -2.26. The maximum Gasteiger partial charge on any atom is 0.0538 e. The molecule has 1 aliphatic carbocycles. The number of benzene rings is 9. The van der Waals surface area contributed by atoms with E-state index in [9.17, 15) is 0 Å². The fourth-order valence-electron chi connectivity index (χ4n) is 13.1. The minimum absolute atomic E-state index is 0.483. The molecule has 1 heterocycles. The Kier molecular flexibility index (Phi) is 18.5. The van der Waals surface area contributed by atoms with Crippen LogP contribution < -0.4 is 4.90 Å². The van der Waals surface area contributed by atoms with E-state index in [0.717, 1.165) is 49.2 Å². The third-order valence-corrected chi connectivity index (χ3v) is 17.9.